The summed E-state index contributed by atoms with van der Waals surface area (Å²) in [7, 11) is 0. The van der Waals surface area contributed by atoms with Gasteiger partial charge in [0.2, 0.25) is 0 Å². The van der Waals surface area contributed by atoms with E-state index in [0.717, 1.165) is 18.5 Å². The van der Waals surface area contributed by atoms with E-state index in [1.54, 1.807) is 6.92 Å². The summed E-state index contributed by atoms with van der Waals surface area (Å²) >= 11 is 0. The standard InChI is InChI=1S/C16H20N2O3/c1-3-20-16(19)14-13-5-4-10-21-15(13)18(17-14)12-8-6-11(2)7-9-12/h6-9,13,15H,3-5,10H2,1-2H3/t13-,15+/m1/s1. The molecule has 3 rings (SSSR count). The van der Waals surface area contributed by atoms with Crippen molar-refractivity contribution in [2.24, 2.45) is 11.0 Å². The highest BCUT2D eigenvalue weighted by Gasteiger charge is 2.44. The molecule has 0 bridgehead atoms. The number of hydrogen-bond acceptors (Lipinski definition) is 5. The predicted molar refractivity (Wildman–Crippen MR) is 80.2 cm³/mol. The lowest BCUT2D eigenvalue weighted by molar-refractivity contribution is -0.135. The van der Waals surface area contributed by atoms with Crippen LogP contribution < -0.4 is 5.01 Å². The molecule has 2 atom stereocenters. The Hall–Kier alpha value is -1.88. The molecule has 5 nitrogen and oxygen atoms in total. The van der Waals surface area contributed by atoms with Gasteiger partial charge in [0.1, 0.15) is 0 Å². The Balaban J connectivity index is 1.91. The van der Waals surface area contributed by atoms with E-state index in [9.17, 15) is 4.79 Å². The molecule has 0 radical (unpaired) electrons. The van der Waals surface area contributed by atoms with Gasteiger partial charge in [-0.05, 0) is 38.8 Å². The maximum absolute atomic E-state index is 12.1. The molecule has 2 heterocycles. The molecule has 1 fully saturated rings. The van der Waals surface area contributed by atoms with E-state index in [1.807, 2.05) is 36.2 Å². The van der Waals surface area contributed by atoms with Gasteiger partial charge in [0.25, 0.3) is 0 Å². The van der Waals surface area contributed by atoms with Gasteiger partial charge >= 0.3 is 5.97 Å². The number of carbonyl (C=O) groups excluding carboxylic acids is 1. The second kappa shape index (κ2) is 5.85. The Morgan fingerprint density at radius 2 is 2.19 bits per heavy atom. The average Bonchev–Trinajstić information content (AvgIpc) is 2.88. The highest BCUT2D eigenvalue weighted by molar-refractivity contribution is 6.38. The van der Waals surface area contributed by atoms with Crippen LogP contribution in [0.15, 0.2) is 29.4 Å². The van der Waals surface area contributed by atoms with Crippen molar-refractivity contribution in [2.45, 2.75) is 32.9 Å². The topological polar surface area (TPSA) is 51.1 Å². The molecule has 0 aliphatic carbocycles. The van der Waals surface area contributed by atoms with E-state index in [-0.39, 0.29) is 18.1 Å². The summed E-state index contributed by atoms with van der Waals surface area (Å²) in [6, 6.07) is 8.07. The van der Waals surface area contributed by atoms with Crippen LogP contribution in [0.5, 0.6) is 0 Å². The fourth-order valence-electron chi connectivity index (χ4n) is 2.83. The van der Waals surface area contributed by atoms with Crippen LogP contribution in [0.1, 0.15) is 25.3 Å². The fourth-order valence-corrected chi connectivity index (χ4v) is 2.83. The van der Waals surface area contributed by atoms with Gasteiger partial charge in [0.15, 0.2) is 11.9 Å². The number of ether oxygens (including phenoxy) is 2. The van der Waals surface area contributed by atoms with Crippen LogP contribution in [0.25, 0.3) is 0 Å². The van der Waals surface area contributed by atoms with Gasteiger partial charge in [0.05, 0.1) is 18.2 Å². The van der Waals surface area contributed by atoms with Crippen LogP contribution >= 0.6 is 0 Å². The molecule has 1 aromatic carbocycles. The number of hydrogen-bond donors (Lipinski definition) is 0. The summed E-state index contributed by atoms with van der Waals surface area (Å²) in [4.78, 5) is 12.1. The smallest absolute Gasteiger partial charge is 0.354 e. The quantitative estimate of drug-likeness (QED) is 0.802. The van der Waals surface area contributed by atoms with E-state index in [2.05, 4.69) is 5.10 Å². The molecule has 112 valence electrons. The number of anilines is 1. The number of aryl methyl sites for hydroxylation is 1. The molecule has 0 saturated carbocycles. The van der Waals surface area contributed by atoms with Gasteiger partial charge in [-0.2, -0.15) is 5.10 Å². The number of esters is 1. The fraction of sp³-hybridized carbons (Fsp3) is 0.500. The molecule has 2 aliphatic heterocycles. The van der Waals surface area contributed by atoms with Crippen LogP contribution in [-0.4, -0.2) is 31.1 Å². The van der Waals surface area contributed by atoms with Crippen LogP contribution in [0.3, 0.4) is 0 Å². The Morgan fingerprint density at radius 3 is 2.90 bits per heavy atom. The van der Waals surface area contributed by atoms with Crippen LogP contribution in [0.4, 0.5) is 5.69 Å². The summed E-state index contributed by atoms with van der Waals surface area (Å²) in [5.74, 6) is -0.327. The zero-order valence-corrected chi connectivity index (χ0v) is 12.4. The summed E-state index contributed by atoms with van der Waals surface area (Å²) in [6.07, 6.45) is 1.66. The Morgan fingerprint density at radius 1 is 1.43 bits per heavy atom. The van der Waals surface area contributed by atoms with E-state index >= 15 is 0 Å². The van der Waals surface area contributed by atoms with E-state index in [4.69, 9.17) is 9.47 Å². The third-order valence-corrected chi connectivity index (χ3v) is 3.88. The minimum absolute atomic E-state index is 0.000830. The highest BCUT2D eigenvalue weighted by Crippen LogP contribution is 2.35. The Labute approximate surface area is 124 Å². The molecular weight excluding hydrogens is 268 g/mol. The average molecular weight is 288 g/mol. The van der Waals surface area contributed by atoms with E-state index < -0.39 is 0 Å². The third-order valence-electron chi connectivity index (χ3n) is 3.88. The monoisotopic (exact) mass is 288 g/mol. The molecule has 1 saturated heterocycles. The molecule has 0 spiro atoms. The van der Waals surface area contributed by atoms with Crippen molar-refractivity contribution in [2.75, 3.05) is 18.2 Å². The van der Waals surface area contributed by atoms with Crippen LogP contribution in [0, 0.1) is 12.8 Å². The minimum atomic E-state index is -0.326. The van der Waals surface area contributed by atoms with Gasteiger partial charge in [0, 0.05) is 6.61 Å². The lowest BCUT2D eigenvalue weighted by Gasteiger charge is -2.31. The number of rotatable bonds is 3. The van der Waals surface area contributed by atoms with E-state index in [0.29, 0.717) is 18.9 Å². The lowest BCUT2D eigenvalue weighted by Crippen LogP contribution is -2.40. The number of carbonyl (C=O) groups is 1. The second-order valence-electron chi connectivity index (χ2n) is 5.40. The first kappa shape index (κ1) is 14.1. The van der Waals surface area contributed by atoms with Crippen molar-refractivity contribution in [1.29, 1.82) is 0 Å². The van der Waals surface area contributed by atoms with Crippen LogP contribution in [0.2, 0.25) is 0 Å². The molecule has 2 aliphatic rings. The van der Waals surface area contributed by atoms with Crippen molar-refractivity contribution in [3.63, 3.8) is 0 Å². The van der Waals surface area contributed by atoms with Crippen molar-refractivity contribution >= 4 is 17.4 Å². The predicted octanol–water partition coefficient (Wildman–Crippen LogP) is 2.49. The molecule has 0 aromatic heterocycles. The normalized spacial score (nSPS) is 24.5. The maximum Gasteiger partial charge on any atom is 0.354 e. The minimum Gasteiger partial charge on any atom is -0.461 e. The maximum atomic E-state index is 12.1. The molecular formula is C16H20N2O3. The summed E-state index contributed by atoms with van der Waals surface area (Å²) in [5, 5.41) is 6.32. The largest absolute Gasteiger partial charge is 0.461 e. The lowest BCUT2D eigenvalue weighted by atomic mass is 9.94. The molecule has 0 amide bonds. The molecule has 0 N–H and O–H groups in total. The summed E-state index contributed by atoms with van der Waals surface area (Å²) < 4.78 is 11.0. The zero-order valence-electron chi connectivity index (χ0n) is 12.4. The summed E-state index contributed by atoms with van der Waals surface area (Å²) in [5.41, 5.74) is 2.62. The van der Waals surface area contributed by atoms with Crippen molar-refractivity contribution in [3.8, 4) is 0 Å². The molecule has 1 aromatic rings. The first-order valence-electron chi connectivity index (χ1n) is 7.44. The number of benzene rings is 1. The SMILES string of the molecule is CCOC(=O)C1=NN(c2ccc(C)cc2)[C@H]2OCCC[C@H]12. The second-order valence-corrected chi connectivity index (χ2v) is 5.40. The third kappa shape index (κ3) is 2.65. The number of hydrazone groups is 1. The molecule has 21 heavy (non-hydrogen) atoms. The Kier molecular flexibility index (Phi) is 3.92. The molecule has 0 unspecified atom stereocenters. The Bertz CT molecular complexity index is 553. The van der Waals surface area contributed by atoms with Gasteiger partial charge in [-0.3, -0.25) is 0 Å². The van der Waals surface area contributed by atoms with Gasteiger partial charge in [-0.1, -0.05) is 17.7 Å². The number of fused-ring (bicyclic) bond motifs is 1. The van der Waals surface area contributed by atoms with Gasteiger partial charge < -0.3 is 9.47 Å². The first-order chi connectivity index (χ1) is 10.2. The summed E-state index contributed by atoms with van der Waals surface area (Å²) in [6.45, 7) is 4.91. The first-order valence-corrected chi connectivity index (χ1v) is 7.44. The zero-order chi connectivity index (χ0) is 14.8. The van der Waals surface area contributed by atoms with Crippen LogP contribution in [-0.2, 0) is 14.3 Å². The highest BCUT2D eigenvalue weighted by atomic mass is 16.5. The van der Waals surface area contributed by atoms with Crippen molar-refractivity contribution in [3.05, 3.63) is 29.8 Å². The van der Waals surface area contributed by atoms with Crippen molar-refractivity contribution in [1.82, 2.24) is 0 Å². The van der Waals surface area contributed by atoms with Gasteiger partial charge in [-0.25, -0.2) is 9.80 Å². The van der Waals surface area contributed by atoms with E-state index in [1.165, 1.54) is 5.56 Å². The van der Waals surface area contributed by atoms with Crippen molar-refractivity contribution < 1.29 is 14.3 Å². The number of nitrogens with zero attached hydrogens (tertiary/aromatic N) is 2. The van der Waals surface area contributed by atoms with Gasteiger partial charge in [-0.15, -0.1) is 0 Å². The molecule has 5 heteroatoms.